The lowest BCUT2D eigenvalue weighted by Gasteiger charge is -2.44. The molecule has 0 saturated carbocycles. The molecule has 1 saturated heterocycles. The van der Waals surface area contributed by atoms with Crippen molar-refractivity contribution in [1.82, 2.24) is 15.0 Å². The van der Waals surface area contributed by atoms with Crippen LogP contribution < -0.4 is 30.7 Å². The van der Waals surface area contributed by atoms with Gasteiger partial charge in [0.1, 0.15) is 11.6 Å². The van der Waals surface area contributed by atoms with Crippen molar-refractivity contribution in [3.8, 4) is 11.5 Å². The minimum absolute atomic E-state index is 0.135. The molecule has 1 aliphatic heterocycles. The summed E-state index contributed by atoms with van der Waals surface area (Å²) in [5, 5.41) is 0.714. The highest BCUT2D eigenvalue weighted by Crippen LogP contribution is 2.39. The first-order chi connectivity index (χ1) is 18.8. The summed E-state index contributed by atoms with van der Waals surface area (Å²) in [4.78, 5) is 29.7. The molecule has 202 valence electrons. The SMILES string of the molecule is COc1cc2nc(N(C)CC3(c4ccccc4)CCN(c4ccc(C(N)=O)cn4)CC3)nc(N)c2cc1OC. The van der Waals surface area contributed by atoms with Gasteiger partial charge in [0.05, 0.1) is 25.3 Å². The lowest BCUT2D eigenvalue weighted by atomic mass is 9.72. The normalized spacial score (nSPS) is 14.7. The maximum Gasteiger partial charge on any atom is 0.250 e. The van der Waals surface area contributed by atoms with Gasteiger partial charge in [0.2, 0.25) is 11.9 Å². The zero-order valence-electron chi connectivity index (χ0n) is 22.4. The second-order valence-corrected chi connectivity index (χ2v) is 9.89. The molecule has 5 rings (SSSR count). The maximum absolute atomic E-state index is 11.4. The number of nitrogen functional groups attached to an aromatic ring is 1. The first kappa shape index (κ1) is 26.0. The summed E-state index contributed by atoms with van der Waals surface area (Å²) in [6.45, 7) is 2.32. The zero-order chi connectivity index (χ0) is 27.6. The molecule has 39 heavy (non-hydrogen) atoms. The van der Waals surface area contributed by atoms with E-state index in [9.17, 15) is 4.79 Å². The molecule has 0 aliphatic carbocycles. The molecular weight excluding hydrogens is 494 g/mol. The monoisotopic (exact) mass is 527 g/mol. The lowest BCUT2D eigenvalue weighted by molar-refractivity contribution is 0.1000. The van der Waals surface area contributed by atoms with Crippen LogP contribution in [0.4, 0.5) is 17.6 Å². The number of anilines is 3. The van der Waals surface area contributed by atoms with E-state index >= 15 is 0 Å². The Labute approximate surface area is 227 Å². The number of pyridine rings is 1. The van der Waals surface area contributed by atoms with E-state index in [2.05, 4.69) is 44.0 Å². The quantitative estimate of drug-likeness (QED) is 0.354. The molecule has 0 atom stereocenters. The van der Waals surface area contributed by atoms with Crippen molar-refractivity contribution >= 4 is 34.4 Å². The Bertz CT molecular complexity index is 1470. The molecule has 2 aromatic heterocycles. The highest BCUT2D eigenvalue weighted by molar-refractivity contribution is 5.93. The predicted molar refractivity (Wildman–Crippen MR) is 153 cm³/mol. The first-order valence-corrected chi connectivity index (χ1v) is 12.8. The summed E-state index contributed by atoms with van der Waals surface area (Å²) in [5.74, 6) is 2.46. The zero-order valence-corrected chi connectivity index (χ0v) is 22.4. The van der Waals surface area contributed by atoms with Crippen LogP contribution in [0.25, 0.3) is 10.9 Å². The number of amides is 1. The number of rotatable bonds is 8. The van der Waals surface area contributed by atoms with Gasteiger partial charge in [-0.15, -0.1) is 0 Å². The van der Waals surface area contributed by atoms with Crippen LogP contribution in [0, 0.1) is 0 Å². The highest BCUT2D eigenvalue weighted by Gasteiger charge is 2.38. The van der Waals surface area contributed by atoms with E-state index < -0.39 is 5.91 Å². The van der Waals surface area contributed by atoms with E-state index in [1.807, 2.05) is 25.2 Å². The number of fused-ring (bicyclic) bond motifs is 1. The molecule has 0 bridgehead atoms. The van der Waals surface area contributed by atoms with Crippen molar-refractivity contribution in [2.45, 2.75) is 18.3 Å². The van der Waals surface area contributed by atoms with Gasteiger partial charge in [-0.3, -0.25) is 4.79 Å². The first-order valence-electron chi connectivity index (χ1n) is 12.8. The number of methoxy groups -OCH3 is 2. The van der Waals surface area contributed by atoms with Gasteiger partial charge in [-0.25, -0.2) is 9.97 Å². The molecular formula is C29H33N7O3. The molecule has 3 heterocycles. The Kier molecular flexibility index (Phi) is 7.10. The van der Waals surface area contributed by atoms with Gasteiger partial charge in [0.25, 0.3) is 0 Å². The van der Waals surface area contributed by atoms with Crippen LogP contribution in [0.2, 0.25) is 0 Å². The van der Waals surface area contributed by atoms with Crippen molar-refractivity contribution in [3.63, 3.8) is 0 Å². The number of hydrogen-bond donors (Lipinski definition) is 2. The topological polar surface area (TPSA) is 133 Å². The van der Waals surface area contributed by atoms with E-state index in [0.717, 1.165) is 31.7 Å². The van der Waals surface area contributed by atoms with Crippen molar-refractivity contribution < 1.29 is 14.3 Å². The van der Waals surface area contributed by atoms with E-state index in [1.165, 1.54) is 11.8 Å². The average molecular weight is 528 g/mol. The van der Waals surface area contributed by atoms with Crippen LogP contribution in [0.5, 0.6) is 11.5 Å². The third kappa shape index (κ3) is 5.09. The Hall–Kier alpha value is -4.60. The van der Waals surface area contributed by atoms with Crippen LogP contribution in [0.3, 0.4) is 0 Å². The second-order valence-electron chi connectivity index (χ2n) is 9.89. The summed E-state index contributed by atoms with van der Waals surface area (Å²) in [6.07, 6.45) is 3.33. The van der Waals surface area contributed by atoms with E-state index in [1.54, 1.807) is 26.4 Å². The van der Waals surface area contributed by atoms with Crippen molar-refractivity contribution in [3.05, 3.63) is 71.9 Å². The number of hydrogen-bond acceptors (Lipinski definition) is 9. The molecule has 4 N–H and O–H groups in total. The Morgan fingerprint density at radius 3 is 2.33 bits per heavy atom. The van der Waals surface area contributed by atoms with Crippen LogP contribution in [-0.4, -0.2) is 61.8 Å². The fourth-order valence-electron chi connectivity index (χ4n) is 5.37. The third-order valence-electron chi connectivity index (χ3n) is 7.56. The number of aromatic nitrogens is 3. The number of ether oxygens (including phenoxy) is 2. The van der Waals surface area contributed by atoms with E-state index in [0.29, 0.717) is 46.3 Å². The number of likely N-dealkylation sites (N-methyl/N-ethyl adjacent to an activating group) is 1. The van der Waals surface area contributed by atoms with E-state index in [-0.39, 0.29) is 5.41 Å². The molecule has 1 aliphatic rings. The minimum Gasteiger partial charge on any atom is -0.493 e. The lowest BCUT2D eigenvalue weighted by Crippen LogP contribution is -2.49. The van der Waals surface area contributed by atoms with Gasteiger partial charge in [0, 0.05) is 49.7 Å². The molecule has 0 unspecified atom stereocenters. The van der Waals surface area contributed by atoms with Crippen molar-refractivity contribution in [1.29, 1.82) is 0 Å². The summed E-state index contributed by atoms with van der Waals surface area (Å²) in [6, 6.07) is 17.8. The van der Waals surface area contributed by atoms with Crippen molar-refractivity contribution in [2.24, 2.45) is 5.73 Å². The Balaban J connectivity index is 1.42. The maximum atomic E-state index is 11.4. The van der Waals surface area contributed by atoms with Crippen LogP contribution in [0.1, 0.15) is 28.8 Å². The van der Waals surface area contributed by atoms with Gasteiger partial charge in [-0.1, -0.05) is 30.3 Å². The standard InChI is InChI=1S/C29H33N7O3/c1-35(28-33-22-16-24(39-3)23(38-2)15-21(22)26(30)34-28)18-29(20-7-5-4-6-8-20)11-13-36(14-12-29)25-10-9-19(17-32-25)27(31)37/h4-10,15-17H,11-14,18H2,1-3H3,(H2,31,37)(H2,30,33,34). The summed E-state index contributed by atoms with van der Waals surface area (Å²) in [5.41, 5.74) is 14.0. The Morgan fingerprint density at radius 2 is 1.72 bits per heavy atom. The van der Waals surface area contributed by atoms with Crippen LogP contribution in [-0.2, 0) is 5.41 Å². The number of benzene rings is 2. The average Bonchev–Trinajstić information content (AvgIpc) is 2.97. The highest BCUT2D eigenvalue weighted by atomic mass is 16.5. The van der Waals surface area contributed by atoms with Gasteiger partial charge in [0.15, 0.2) is 11.5 Å². The number of nitrogens with zero attached hydrogens (tertiary/aromatic N) is 5. The third-order valence-corrected chi connectivity index (χ3v) is 7.56. The van der Waals surface area contributed by atoms with Gasteiger partial charge in [-0.2, -0.15) is 4.98 Å². The molecule has 0 spiro atoms. The molecule has 4 aromatic rings. The second kappa shape index (κ2) is 10.6. The van der Waals surface area contributed by atoms with E-state index in [4.69, 9.17) is 25.9 Å². The predicted octanol–water partition coefficient (Wildman–Crippen LogP) is 3.40. The summed E-state index contributed by atoms with van der Waals surface area (Å²) >= 11 is 0. The molecule has 0 radical (unpaired) electrons. The Morgan fingerprint density at radius 1 is 1.03 bits per heavy atom. The van der Waals surface area contributed by atoms with Crippen LogP contribution >= 0.6 is 0 Å². The largest absolute Gasteiger partial charge is 0.493 e. The van der Waals surface area contributed by atoms with Crippen LogP contribution in [0.15, 0.2) is 60.8 Å². The molecule has 2 aromatic carbocycles. The van der Waals surface area contributed by atoms with Crippen molar-refractivity contribution in [2.75, 3.05) is 56.4 Å². The van der Waals surface area contributed by atoms with Gasteiger partial charge in [-0.05, 0) is 36.6 Å². The molecule has 10 nitrogen and oxygen atoms in total. The number of carbonyl (C=O) groups is 1. The summed E-state index contributed by atoms with van der Waals surface area (Å²) in [7, 11) is 5.19. The smallest absolute Gasteiger partial charge is 0.250 e. The molecule has 1 amide bonds. The fourth-order valence-corrected chi connectivity index (χ4v) is 5.37. The minimum atomic E-state index is -0.479. The molecule has 10 heteroatoms. The molecule has 1 fully saturated rings. The fraction of sp³-hybridized carbons (Fsp3) is 0.310. The number of nitrogens with two attached hydrogens (primary N) is 2. The van der Waals surface area contributed by atoms with Gasteiger partial charge < -0.3 is 30.7 Å². The van der Waals surface area contributed by atoms with Gasteiger partial charge >= 0.3 is 0 Å². The number of primary amides is 1. The number of carbonyl (C=O) groups excluding carboxylic acids is 1. The summed E-state index contributed by atoms with van der Waals surface area (Å²) < 4.78 is 10.9. The number of piperidine rings is 1.